The fourth-order valence-corrected chi connectivity index (χ4v) is 1.79. The molecule has 0 heterocycles. The average molecular weight is 351 g/mol. The number of benzene rings is 1. The van der Waals surface area contributed by atoms with E-state index in [0.717, 1.165) is 0 Å². The second-order valence-corrected chi connectivity index (χ2v) is 4.68. The minimum Gasteiger partial charge on any atom is -0.306 e. The maximum atomic E-state index is 12.2. The monoisotopic (exact) mass is 349 g/mol. The second kappa shape index (κ2) is 5.46. The molecule has 0 saturated carbocycles. The molecule has 0 saturated heterocycles. The van der Waals surface area contributed by atoms with Crippen LogP contribution in [0.15, 0.2) is 16.6 Å². The van der Waals surface area contributed by atoms with Crippen LogP contribution in [0.1, 0.15) is 0 Å². The van der Waals surface area contributed by atoms with Gasteiger partial charge in [-0.05, 0) is 28.1 Å². The van der Waals surface area contributed by atoms with E-state index < -0.39 is 12.7 Å². The summed E-state index contributed by atoms with van der Waals surface area (Å²) >= 11 is 14.5. The molecule has 0 spiro atoms. The fourth-order valence-electron chi connectivity index (χ4n) is 1.09. The molecule has 1 aromatic carbocycles. The van der Waals surface area contributed by atoms with E-state index in [2.05, 4.69) is 15.9 Å². The number of hydrogen-bond donors (Lipinski definition) is 0. The lowest BCUT2D eigenvalue weighted by molar-refractivity contribution is -0.126. The Morgan fingerprint density at radius 3 is 2.12 bits per heavy atom. The molecule has 0 aromatic heterocycles. The Balaban J connectivity index is 3.09. The first kappa shape index (κ1) is 14.6. The maximum absolute atomic E-state index is 12.2. The van der Waals surface area contributed by atoms with Crippen molar-refractivity contribution in [1.82, 2.24) is 0 Å². The number of halogens is 6. The highest BCUT2D eigenvalue weighted by atomic mass is 79.9. The minimum atomic E-state index is -4.49. The first-order chi connectivity index (χ1) is 7.74. The van der Waals surface area contributed by atoms with Gasteiger partial charge in [-0.1, -0.05) is 23.2 Å². The molecular formula is C9H5BrCl2F3NO. The van der Waals surface area contributed by atoms with Gasteiger partial charge in [0.1, 0.15) is 6.54 Å². The number of alkyl halides is 3. The van der Waals surface area contributed by atoms with Crippen molar-refractivity contribution in [1.29, 1.82) is 0 Å². The third-order valence-corrected chi connectivity index (χ3v) is 3.68. The Kier molecular flexibility index (Phi) is 4.69. The molecule has 2 nitrogen and oxygen atoms in total. The van der Waals surface area contributed by atoms with Gasteiger partial charge < -0.3 is 4.90 Å². The van der Waals surface area contributed by atoms with Gasteiger partial charge in [-0.2, -0.15) is 13.2 Å². The molecule has 0 fully saturated rings. The summed E-state index contributed by atoms with van der Waals surface area (Å²) in [5.41, 5.74) is -0.0180. The predicted octanol–water partition coefficient (Wildman–Crippen LogP) is 4.28. The molecule has 0 aliphatic carbocycles. The number of anilines is 1. The molecule has 1 amide bonds. The van der Waals surface area contributed by atoms with Gasteiger partial charge in [-0.15, -0.1) is 0 Å². The SMILES string of the molecule is O=CN(CC(F)(F)F)c1cc(Cl)c(Br)c(Cl)c1. The van der Waals surface area contributed by atoms with Crippen molar-refractivity contribution < 1.29 is 18.0 Å². The van der Waals surface area contributed by atoms with Crippen molar-refractivity contribution in [3.63, 3.8) is 0 Å². The lowest BCUT2D eigenvalue weighted by Crippen LogP contribution is -2.33. The highest BCUT2D eigenvalue weighted by Gasteiger charge is 2.31. The summed E-state index contributed by atoms with van der Waals surface area (Å²) in [7, 11) is 0. The summed E-state index contributed by atoms with van der Waals surface area (Å²) in [4.78, 5) is 11.1. The smallest absolute Gasteiger partial charge is 0.306 e. The number of rotatable bonds is 3. The van der Waals surface area contributed by atoms with Crippen molar-refractivity contribution in [3.8, 4) is 0 Å². The van der Waals surface area contributed by atoms with Gasteiger partial charge in [0.05, 0.1) is 14.5 Å². The zero-order valence-corrected chi connectivity index (χ0v) is 11.2. The Morgan fingerprint density at radius 1 is 1.29 bits per heavy atom. The van der Waals surface area contributed by atoms with E-state index in [-0.39, 0.29) is 22.1 Å². The van der Waals surface area contributed by atoms with Gasteiger partial charge in [0.2, 0.25) is 6.41 Å². The van der Waals surface area contributed by atoms with Crippen molar-refractivity contribution in [2.24, 2.45) is 0 Å². The van der Waals surface area contributed by atoms with Crippen molar-refractivity contribution in [2.45, 2.75) is 6.18 Å². The molecule has 0 aliphatic heterocycles. The van der Waals surface area contributed by atoms with E-state index >= 15 is 0 Å². The summed E-state index contributed by atoms with van der Waals surface area (Å²) in [5, 5.41) is 0.253. The largest absolute Gasteiger partial charge is 0.406 e. The fraction of sp³-hybridized carbons (Fsp3) is 0.222. The van der Waals surface area contributed by atoms with Crippen LogP contribution in [0.4, 0.5) is 18.9 Å². The van der Waals surface area contributed by atoms with Crippen LogP contribution in [0.3, 0.4) is 0 Å². The van der Waals surface area contributed by atoms with Crippen LogP contribution in [0.25, 0.3) is 0 Å². The first-order valence-electron chi connectivity index (χ1n) is 4.18. The van der Waals surface area contributed by atoms with E-state index in [0.29, 0.717) is 9.37 Å². The van der Waals surface area contributed by atoms with Crippen LogP contribution in [0, 0.1) is 0 Å². The molecule has 0 atom stereocenters. The van der Waals surface area contributed by atoms with Crippen molar-refractivity contribution in [2.75, 3.05) is 11.4 Å². The lowest BCUT2D eigenvalue weighted by atomic mass is 10.3. The van der Waals surface area contributed by atoms with Crippen LogP contribution in [-0.4, -0.2) is 19.1 Å². The third-order valence-electron chi connectivity index (χ3n) is 1.78. The number of carbonyl (C=O) groups excluding carboxylic acids is 1. The van der Waals surface area contributed by atoms with Gasteiger partial charge in [0.25, 0.3) is 0 Å². The molecule has 0 radical (unpaired) electrons. The summed E-state index contributed by atoms with van der Waals surface area (Å²) < 4.78 is 36.9. The number of nitrogens with zero attached hydrogens (tertiary/aromatic N) is 1. The van der Waals surface area contributed by atoms with Crippen LogP contribution >= 0.6 is 39.1 Å². The van der Waals surface area contributed by atoms with Crippen LogP contribution in [-0.2, 0) is 4.79 Å². The van der Waals surface area contributed by atoms with E-state index in [1.165, 1.54) is 12.1 Å². The Hall–Kier alpha value is -0.460. The zero-order valence-electron chi connectivity index (χ0n) is 8.06. The summed E-state index contributed by atoms with van der Waals surface area (Å²) in [6.07, 6.45) is -4.42. The minimum absolute atomic E-state index is 0.0180. The number of amides is 1. The number of carbonyl (C=O) groups is 1. The highest BCUT2D eigenvalue weighted by Crippen LogP contribution is 2.35. The van der Waals surface area contributed by atoms with Gasteiger partial charge in [-0.25, -0.2) is 0 Å². The van der Waals surface area contributed by atoms with E-state index in [9.17, 15) is 18.0 Å². The summed E-state index contributed by atoms with van der Waals surface area (Å²) in [6, 6.07) is 2.44. The topological polar surface area (TPSA) is 20.3 Å². The van der Waals surface area contributed by atoms with Crippen molar-refractivity contribution >= 4 is 51.2 Å². The molecule has 8 heteroatoms. The normalized spacial score (nSPS) is 11.4. The first-order valence-corrected chi connectivity index (χ1v) is 5.72. The van der Waals surface area contributed by atoms with E-state index in [1.54, 1.807) is 0 Å². The average Bonchev–Trinajstić information content (AvgIpc) is 2.20. The summed E-state index contributed by atoms with van der Waals surface area (Å²) in [6.45, 7) is -1.40. The van der Waals surface area contributed by atoms with Crippen LogP contribution in [0.5, 0.6) is 0 Å². The van der Waals surface area contributed by atoms with E-state index in [4.69, 9.17) is 23.2 Å². The van der Waals surface area contributed by atoms with Gasteiger partial charge >= 0.3 is 6.18 Å². The van der Waals surface area contributed by atoms with E-state index in [1.807, 2.05) is 0 Å². The second-order valence-electron chi connectivity index (χ2n) is 3.07. The van der Waals surface area contributed by atoms with Crippen LogP contribution < -0.4 is 4.90 Å². The molecule has 0 bridgehead atoms. The molecular weight excluding hydrogens is 346 g/mol. The Labute approximate surface area is 113 Å². The van der Waals surface area contributed by atoms with Gasteiger partial charge in [-0.3, -0.25) is 4.79 Å². The molecule has 0 unspecified atom stereocenters. The standard InChI is InChI=1S/C9H5BrCl2F3NO/c10-8-6(11)1-5(2-7(8)12)16(4-17)3-9(13,14)15/h1-2,4H,3H2. The predicted molar refractivity (Wildman–Crippen MR) is 63.6 cm³/mol. The summed E-state index contributed by atoms with van der Waals surface area (Å²) in [5.74, 6) is 0. The molecule has 17 heavy (non-hydrogen) atoms. The molecule has 0 aliphatic rings. The molecule has 1 aromatic rings. The quantitative estimate of drug-likeness (QED) is 0.588. The molecule has 0 N–H and O–H groups in total. The lowest BCUT2D eigenvalue weighted by Gasteiger charge is -2.20. The zero-order chi connectivity index (χ0) is 13.2. The van der Waals surface area contributed by atoms with Crippen molar-refractivity contribution in [3.05, 3.63) is 26.7 Å². The maximum Gasteiger partial charge on any atom is 0.406 e. The van der Waals surface area contributed by atoms with Crippen LogP contribution in [0.2, 0.25) is 10.0 Å². The molecule has 1 rings (SSSR count). The van der Waals surface area contributed by atoms with Gasteiger partial charge in [0.15, 0.2) is 0 Å². The molecule has 94 valence electrons. The third kappa shape index (κ3) is 4.04. The highest BCUT2D eigenvalue weighted by molar-refractivity contribution is 9.10. The van der Waals surface area contributed by atoms with Gasteiger partial charge in [0, 0.05) is 5.69 Å². The Bertz CT molecular complexity index is 416. The Morgan fingerprint density at radius 2 is 1.76 bits per heavy atom. The number of hydrogen-bond acceptors (Lipinski definition) is 1.